The molecule has 1 aliphatic rings. The minimum atomic E-state index is -1.17. The molecule has 1 aliphatic heterocycles. The normalized spacial score (nSPS) is 15.4. The second kappa shape index (κ2) is 8.54. The third kappa shape index (κ3) is 3.95. The third-order valence-corrected chi connectivity index (χ3v) is 6.59. The van der Waals surface area contributed by atoms with Gasteiger partial charge in [0.25, 0.3) is 11.8 Å². The Kier molecular flexibility index (Phi) is 6.25. The molecule has 2 aromatic carbocycles. The van der Waals surface area contributed by atoms with Gasteiger partial charge in [0.15, 0.2) is 16.6 Å². The van der Waals surface area contributed by atoms with Crippen molar-refractivity contribution < 1.29 is 29.3 Å². The van der Waals surface area contributed by atoms with E-state index in [1.807, 2.05) is 0 Å². The first kappa shape index (κ1) is 21.9. The van der Waals surface area contributed by atoms with Crippen LogP contribution in [0.3, 0.4) is 0 Å². The number of phenols is 1. The van der Waals surface area contributed by atoms with Gasteiger partial charge < -0.3 is 14.9 Å². The standard InChI is InChI=1S/C19H12Br2N2O6S/c1-29-12-7-9(13(20)14(21)15(12)24)6-11-16(25)22-19(30)23(17(11)26)10-4-2-3-8(5-10)18(27)28/h2-7,24H,1H3,(H,27,28)(H,22,25,30). The number of thiocarbonyl (C=S) groups is 1. The lowest BCUT2D eigenvalue weighted by Crippen LogP contribution is -2.54. The Labute approximate surface area is 192 Å². The number of carbonyl (C=O) groups excluding carboxylic acids is 2. The van der Waals surface area contributed by atoms with Crippen LogP contribution >= 0.6 is 44.1 Å². The summed E-state index contributed by atoms with van der Waals surface area (Å²) in [5, 5.41) is 21.5. The zero-order valence-corrected chi connectivity index (χ0v) is 19.1. The van der Waals surface area contributed by atoms with E-state index >= 15 is 0 Å². The summed E-state index contributed by atoms with van der Waals surface area (Å²) in [6.07, 6.45) is 1.31. The smallest absolute Gasteiger partial charge is 0.335 e. The van der Waals surface area contributed by atoms with Gasteiger partial charge >= 0.3 is 5.97 Å². The molecule has 154 valence electrons. The van der Waals surface area contributed by atoms with E-state index in [4.69, 9.17) is 17.0 Å². The number of hydrogen-bond donors (Lipinski definition) is 3. The molecule has 0 saturated carbocycles. The highest BCUT2D eigenvalue weighted by molar-refractivity contribution is 9.13. The largest absolute Gasteiger partial charge is 0.503 e. The quantitative estimate of drug-likeness (QED) is 0.300. The number of carboxylic acids is 1. The van der Waals surface area contributed by atoms with Crippen molar-refractivity contribution in [1.82, 2.24) is 5.32 Å². The molecule has 11 heteroatoms. The number of halogens is 2. The number of phenolic OH excluding ortho intramolecular Hbond substituents is 1. The molecular formula is C19H12Br2N2O6S. The Morgan fingerprint density at radius 2 is 1.93 bits per heavy atom. The Morgan fingerprint density at radius 3 is 2.57 bits per heavy atom. The molecule has 3 N–H and O–H groups in total. The Balaban J connectivity index is 2.11. The number of aromatic carboxylic acids is 1. The van der Waals surface area contributed by atoms with Gasteiger partial charge in [-0.3, -0.25) is 19.8 Å². The molecule has 1 fully saturated rings. The van der Waals surface area contributed by atoms with Gasteiger partial charge in [-0.2, -0.15) is 0 Å². The fourth-order valence-corrected chi connectivity index (χ4v) is 3.82. The molecule has 0 atom stereocenters. The van der Waals surface area contributed by atoms with Gasteiger partial charge in [-0.25, -0.2) is 4.79 Å². The lowest BCUT2D eigenvalue weighted by atomic mass is 10.1. The van der Waals surface area contributed by atoms with Gasteiger partial charge in [0.05, 0.1) is 22.8 Å². The van der Waals surface area contributed by atoms with Crippen LogP contribution in [0.15, 0.2) is 44.9 Å². The average Bonchev–Trinajstić information content (AvgIpc) is 2.71. The molecule has 0 aliphatic carbocycles. The fourth-order valence-electron chi connectivity index (χ4n) is 2.70. The van der Waals surface area contributed by atoms with Gasteiger partial charge in [0.2, 0.25) is 0 Å². The van der Waals surface area contributed by atoms with Crippen molar-refractivity contribution in [3.8, 4) is 11.5 Å². The van der Waals surface area contributed by atoms with Crippen molar-refractivity contribution in [1.29, 1.82) is 0 Å². The summed E-state index contributed by atoms with van der Waals surface area (Å²) in [6.45, 7) is 0. The van der Waals surface area contributed by atoms with Crippen LogP contribution in [0.1, 0.15) is 15.9 Å². The fraction of sp³-hybridized carbons (Fsp3) is 0.0526. The molecule has 0 aromatic heterocycles. The second-order valence-electron chi connectivity index (χ2n) is 5.96. The van der Waals surface area contributed by atoms with Gasteiger partial charge in [-0.1, -0.05) is 6.07 Å². The van der Waals surface area contributed by atoms with Gasteiger partial charge in [-0.15, -0.1) is 0 Å². The predicted molar refractivity (Wildman–Crippen MR) is 120 cm³/mol. The van der Waals surface area contributed by atoms with Crippen molar-refractivity contribution in [2.24, 2.45) is 0 Å². The number of benzene rings is 2. The maximum Gasteiger partial charge on any atom is 0.335 e. The Morgan fingerprint density at radius 1 is 1.23 bits per heavy atom. The lowest BCUT2D eigenvalue weighted by molar-refractivity contribution is -0.122. The topological polar surface area (TPSA) is 116 Å². The molecule has 1 saturated heterocycles. The number of ether oxygens (including phenoxy) is 1. The number of rotatable bonds is 4. The molecule has 30 heavy (non-hydrogen) atoms. The van der Waals surface area contributed by atoms with Crippen LogP contribution in [-0.2, 0) is 9.59 Å². The number of carboxylic acid groups (broad SMARTS) is 1. The summed E-state index contributed by atoms with van der Waals surface area (Å²) in [4.78, 5) is 37.9. The van der Waals surface area contributed by atoms with Crippen LogP contribution in [0.25, 0.3) is 6.08 Å². The van der Waals surface area contributed by atoms with E-state index in [1.54, 1.807) is 0 Å². The average molecular weight is 556 g/mol. The SMILES string of the molecule is COc1cc(C=C2C(=O)NC(=S)N(c3cccc(C(=O)O)c3)C2=O)c(Br)c(Br)c1O. The van der Waals surface area contributed by atoms with Crippen LogP contribution in [0.2, 0.25) is 0 Å². The Bertz CT molecular complexity index is 1150. The van der Waals surface area contributed by atoms with E-state index in [0.717, 1.165) is 4.90 Å². The molecule has 0 radical (unpaired) electrons. The number of carbonyl (C=O) groups is 3. The molecule has 0 unspecified atom stereocenters. The first-order valence-electron chi connectivity index (χ1n) is 8.15. The van der Waals surface area contributed by atoms with Crippen molar-refractivity contribution in [2.75, 3.05) is 12.0 Å². The minimum Gasteiger partial charge on any atom is -0.503 e. The lowest BCUT2D eigenvalue weighted by Gasteiger charge is -2.29. The first-order valence-corrected chi connectivity index (χ1v) is 10.1. The summed E-state index contributed by atoms with van der Waals surface area (Å²) < 4.78 is 5.77. The molecular weight excluding hydrogens is 544 g/mol. The molecule has 3 rings (SSSR count). The van der Waals surface area contributed by atoms with Gasteiger partial charge in [0, 0.05) is 4.47 Å². The van der Waals surface area contributed by atoms with E-state index < -0.39 is 17.8 Å². The molecule has 2 amide bonds. The maximum absolute atomic E-state index is 13.1. The second-order valence-corrected chi connectivity index (χ2v) is 7.93. The summed E-state index contributed by atoms with van der Waals surface area (Å²) in [5.74, 6) is -2.65. The van der Waals surface area contributed by atoms with E-state index in [2.05, 4.69) is 37.2 Å². The van der Waals surface area contributed by atoms with Gasteiger partial charge in [-0.05, 0) is 80.0 Å². The monoisotopic (exact) mass is 554 g/mol. The summed E-state index contributed by atoms with van der Waals surface area (Å²) in [6, 6.07) is 7.06. The zero-order valence-electron chi connectivity index (χ0n) is 15.1. The highest BCUT2D eigenvalue weighted by Gasteiger charge is 2.35. The number of anilines is 1. The molecule has 1 heterocycles. The number of methoxy groups -OCH3 is 1. The highest BCUT2D eigenvalue weighted by atomic mass is 79.9. The van der Waals surface area contributed by atoms with E-state index in [9.17, 15) is 24.6 Å². The third-order valence-electron chi connectivity index (χ3n) is 4.15. The summed E-state index contributed by atoms with van der Waals surface area (Å²) in [7, 11) is 1.36. The van der Waals surface area contributed by atoms with Crippen LogP contribution in [-0.4, -0.2) is 40.2 Å². The Hall–Kier alpha value is -2.76. The number of hydrogen-bond acceptors (Lipinski definition) is 6. The number of nitrogens with one attached hydrogen (secondary N) is 1. The maximum atomic E-state index is 13.1. The first-order chi connectivity index (χ1) is 14.1. The molecule has 0 spiro atoms. The molecule has 8 nitrogen and oxygen atoms in total. The predicted octanol–water partition coefficient (Wildman–Crippen LogP) is 3.46. The van der Waals surface area contributed by atoms with Gasteiger partial charge in [0.1, 0.15) is 5.57 Å². The molecule has 2 aromatic rings. The van der Waals surface area contributed by atoms with Crippen LogP contribution in [0, 0.1) is 0 Å². The van der Waals surface area contributed by atoms with Crippen LogP contribution < -0.4 is 15.0 Å². The van der Waals surface area contributed by atoms with E-state index in [-0.39, 0.29) is 37.9 Å². The van der Waals surface area contributed by atoms with Crippen LogP contribution in [0.4, 0.5) is 5.69 Å². The number of aromatic hydroxyl groups is 1. The van der Waals surface area contributed by atoms with Crippen molar-refractivity contribution in [3.05, 3.63) is 56.0 Å². The van der Waals surface area contributed by atoms with E-state index in [1.165, 1.54) is 43.5 Å². The summed E-state index contributed by atoms with van der Waals surface area (Å²) >= 11 is 11.6. The van der Waals surface area contributed by atoms with E-state index in [0.29, 0.717) is 10.0 Å². The van der Waals surface area contributed by atoms with Crippen molar-refractivity contribution in [2.45, 2.75) is 0 Å². The highest BCUT2D eigenvalue weighted by Crippen LogP contribution is 2.42. The number of amides is 2. The van der Waals surface area contributed by atoms with Crippen LogP contribution in [0.5, 0.6) is 11.5 Å². The summed E-state index contributed by atoms with van der Waals surface area (Å²) in [5.41, 5.74) is 0.284. The van der Waals surface area contributed by atoms with Crippen molar-refractivity contribution in [3.63, 3.8) is 0 Å². The number of nitrogens with zero attached hydrogens (tertiary/aromatic N) is 1. The molecule has 0 bridgehead atoms. The van der Waals surface area contributed by atoms with Crippen molar-refractivity contribution >= 4 is 78.7 Å². The zero-order chi connectivity index (χ0) is 22.2. The minimum absolute atomic E-state index is 0.0412.